The quantitative estimate of drug-likeness (QED) is 0.619. The summed E-state index contributed by atoms with van der Waals surface area (Å²) in [6.07, 6.45) is 1.47. The molecule has 3 rings (SSSR count). The van der Waals surface area contributed by atoms with Gasteiger partial charge in [0.25, 0.3) is 5.91 Å². The van der Waals surface area contributed by atoms with E-state index in [4.69, 9.17) is 11.6 Å². The van der Waals surface area contributed by atoms with Crippen molar-refractivity contribution in [1.82, 2.24) is 24.9 Å². The van der Waals surface area contributed by atoms with Crippen LogP contribution in [0.1, 0.15) is 36.7 Å². The maximum atomic E-state index is 12.7. The van der Waals surface area contributed by atoms with Crippen molar-refractivity contribution in [2.45, 2.75) is 38.1 Å². The van der Waals surface area contributed by atoms with Crippen LogP contribution < -0.4 is 10.0 Å². The predicted octanol–water partition coefficient (Wildman–Crippen LogP) is 2.95. The van der Waals surface area contributed by atoms with Gasteiger partial charge >= 0.3 is 0 Å². The summed E-state index contributed by atoms with van der Waals surface area (Å²) in [5.74, 6) is -0.464. The molecule has 30 heavy (non-hydrogen) atoms. The number of sulfonamides is 1. The van der Waals surface area contributed by atoms with Crippen molar-refractivity contribution in [3.8, 4) is 5.69 Å². The van der Waals surface area contributed by atoms with Gasteiger partial charge in [-0.1, -0.05) is 11.6 Å². The highest BCUT2D eigenvalue weighted by Crippen LogP contribution is 2.25. The first-order valence-corrected chi connectivity index (χ1v) is 10.8. The molecule has 158 valence electrons. The topological polar surface area (TPSA) is 119 Å². The number of anilines is 1. The van der Waals surface area contributed by atoms with Gasteiger partial charge in [-0.15, -0.1) is 5.10 Å². The second-order valence-electron chi connectivity index (χ2n) is 7.71. The third-order valence-corrected chi connectivity index (χ3v) is 6.21. The number of hydrogen-bond donors (Lipinski definition) is 2. The highest BCUT2D eigenvalue weighted by molar-refractivity contribution is 7.89. The first-order chi connectivity index (χ1) is 14.0. The van der Waals surface area contributed by atoms with Crippen molar-refractivity contribution in [3.63, 3.8) is 0 Å². The third-order valence-electron chi connectivity index (χ3n) is 3.97. The standard InChI is InChI=1S/C19H21ClN6O3S/c1-12-9-14(6-8-16(12)26-11-21-24-25-26)22-18(27)13-5-7-15(20)17(10-13)30(28,29)23-19(2,3)4/h5-11,23H,1-4H3,(H,22,27). The Morgan fingerprint density at radius 3 is 2.47 bits per heavy atom. The molecule has 0 aliphatic carbocycles. The zero-order valence-electron chi connectivity index (χ0n) is 16.8. The van der Waals surface area contributed by atoms with Crippen LogP contribution in [0.3, 0.4) is 0 Å². The number of nitrogens with one attached hydrogen (secondary N) is 2. The second-order valence-corrected chi connectivity index (χ2v) is 9.77. The normalized spacial score (nSPS) is 12.0. The highest BCUT2D eigenvalue weighted by Gasteiger charge is 2.25. The number of benzene rings is 2. The number of rotatable bonds is 5. The van der Waals surface area contributed by atoms with E-state index in [2.05, 4.69) is 25.6 Å². The summed E-state index contributed by atoms with van der Waals surface area (Å²) < 4.78 is 29.3. The molecular weight excluding hydrogens is 428 g/mol. The Labute approximate surface area is 179 Å². The Morgan fingerprint density at radius 1 is 1.13 bits per heavy atom. The number of carbonyl (C=O) groups is 1. The molecule has 0 aliphatic rings. The average molecular weight is 449 g/mol. The Balaban J connectivity index is 1.85. The summed E-state index contributed by atoms with van der Waals surface area (Å²) in [7, 11) is -3.90. The van der Waals surface area contributed by atoms with Gasteiger partial charge in [0, 0.05) is 16.8 Å². The van der Waals surface area contributed by atoms with E-state index in [1.54, 1.807) is 39.0 Å². The van der Waals surface area contributed by atoms with E-state index in [9.17, 15) is 13.2 Å². The molecule has 0 aliphatic heterocycles. The summed E-state index contributed by atoms with van der Waals surface area (Å²) in [6, 6.07) is 9.36. The molecular formula is C19H21ClN6O3S. The number of amides is 1. The predicted molar refractivity (Wildman–Crippen MR) is 113 cm³/mol. The van der Waals surface area contributed by atoms with E-state index >= 15 is 0 Å². The van der Waals surface area contributed by atoms with Crippen molar-refractivity contribution in [3.05, 3.63) is 58.9 Å². The maximum Gasteiger partial charge on any atom is 0.255 e. The van der Waals surface area contributed by atoms with Gasteiger partial charge in [0.05, 0.1) is 10.7 Å². The fourth-order valence-electron chi connectivity index (χ4n) is 2.77. The lowest BCUT2D eigenvalue weighted by molar-refractivity contribution is 0.102. The Morgan fingerprint density at radius 2 is 1.87 bits per heavy atom. The number of carbonyl (C=O) groups excluding carboxylic acids is 1. The summed E-state index contributed by atoms with van der Waals surface area (Å²) >= 11 is 6.09. The van der Waals surface area contributed by atoms with Crippen LogP contribution in [0.4, 0.5) is 5.69 Å². The number of aromatic nitrogens is 4. The minimum absolute atomic E-state index is 0.0324. The number of nitrogens with zero attached hydrogens (tertiary/aromatic N) is 4. The Bertz CT molecular complexity index is 1190. The first-order valence-electron chi connectivity index (χ1n) is 8.95. The molecule has 0 saturated heterocycles. The minimum atomic E-state index is -3.90. The van der Waals surface area contributed by atoms with Crippen molar-refractivity contribution >= 4 is 33.2 Å². The SMILES string of the molecule is Cc1cc(NC(=O)c2ccc(Cl)c(S(=O)(=O)NC(C)(C)C)c2)ccc1-n1cnnn1. The molecule has 1 aromatic heterocycles. The van der Waals surface area contributed by atoms with Crippen LogP contribution in [0.15, 0.2) is 47.6 Å². The summed E-state index contributed by atoms with van der Waals surface area (Å²) in [4.78, 5) is 12.6. The van der Waals surface area contributed by atoms with Gasteiger partial charge in [0.1, 0.15) is 11.2 Å². The zero-order valence-corrected chi connectivity index (χ0v) is 18.4. The number of hydrogen-bond acceptors (Lipinski definition) is 6. The smallest absolute Gasteiger partial charge is 0.255 e. The zero-order chi connectivity index (χ0) is 22.1. The van der Waals surface area contributed by atoms with Crippen LogP contribution in [0.5, 0.6) is 0 Å². The van der Waals surface area contributed by atoms with Crippen molar-refractivity contribution in [2.75, 3.05) is 5.32 Å². The van der Waals surface area contributed by atoms with Gasteiger partial charge < -0.3 is 5.32 Å². The monoisotopic (exact) mass is 448 g/mol. The van der Waals surface area contributed by atoms with Crippen molar-refractivity contribution in [2.24, 2.45) is 0 Å². The number of aryl methyl sites for hydroxylation is 1. The van der Waals surface area contributed by atoms with Gasteiger partial charge in [-0.25, -0.2) is 17.8 Å². The van der Waals surface area contributed by atoms with E-state index in [0.717, 1.165) is 11.3 Å². The summed E-state index contributed by atoms with van der Waals surface area (Å²) in [6.45, 7) is 7.01. The van der Waals surface area contributed by atoms with Crippen LogP contribution in [0.25, 0.3) is 5.69 Å². The van der Waals surface area contributed by atoms with Gasteiger partial charge in [-0.3, -0.25) is 4.79 Å². The molecule has 2 N–H and O–H groups in total. The molecule has 2 aromatic carbocycles. The van der Waals surface area contributed by atoms with Crippen LogP contribution in [-0.2, 0) is 10.0 Å². The molecule has 0 spiro atoms. The third kappa shape index (κ3) is 5.02. The van der Waals surface area contributed by atoms with E-state index < -0.39 is 21.5 Å². The molecule has 0 bridgehead atoms. The lowest BCUT2D eigenvalue weighted by Gasteiger charge is -2.21. The Kier molecular flexibility index (Phi) is 5.93. The summed E-state index contributed by atoms with van der Waals surface area (Å²) in [5, 5.41) is 13.8. The van der Waals surface area contributed by atoms with Crippen molar-refractivity contribution < 1.29 is 13.2 Å². The largest absolute Gasteiger partial charge is 0.322 e. The van der Waals surface area contributed by atoms with E-state index in [0.29, 0.717) is 5.69 Å². The fraction of sp³-hybridized carbons (Fsp3) is 0.263. The van der Waals surface area contributed by atoms with E-state index in [-0.39, 0.29) is 15.5 Å². The second kappa shape index (κ2) is 8.13. The van der Waals surface area contributed by atoms with Gasteiger partial charge in [-0.2, -0.15) is 0 Å². The molecule has 0 saturated carbocycles. The number of tetrazole rings is 1. The Hall–Kier alpha value is -2.82. The minimum Gasteiger partial charge on any atom is -0.322 e. The van der Waals surface area contributed by atoms with Crippen LogP contribution >= 0.6 is 11.6 Å². The highest BCUT2D eigenvalue weighted by atomic mass is 35.5. The van der Waals surface area contributed by atoms with Crippen LogP contribution in [0.2, 0.25) is 5.02 Å². The van der Waals surface area contributed by atoms with Crippen LogP contribution in [-0.4, -0.2) is 40.1 Å². The number of halogens is 1. The molecule has 0 fully saturated rings. The van der Waals surface area contributed by atoms with Gasteiger partial charge in [0.15, 0.2) is 0 Å². The van der Waals surface area contributed by atoms with Crippen molar-refractivity contribution in [1.29, 1.82) is 0 Å². The first kappa shape index (κ1) is 21.9. The maximum absolute atomic E-state index is 12.7. The molecule has 3 aromatic rings. The lowest BCUT2D eigenvalue weighted by atomic mass is 10.1. The fourth-order valence-corrected chi connectivity index (χ4v) is 4.72. The average Bonchev–Trinajstić information content (AvgIpc) is 3.14. The molecule has 9 nitrogen and oxygen atoms in total. The molecule has 1 heterocycles. The van der Waals surface area contributed by atoms with Gasteiger partial charge in [-0.05, 0) is 80.1 Å². The molecule has 11 heteroatoms. The van der Waals surface area contributed by atoms with E-state index in [1.807, 2.05) is 6.92 Å². The lowest BCUT2D eigenvalue weighted by Crippen LogP contribution is -2.40. The van der Waals surface area contributed by atoms with E-state index in [1.165, 1.54) is 29.2 Å². The molecule has 0 unspecified atom stereocenters. The van der Waals surface area contributed by atoms with Gasteiger partial charge in [0.2, 0.25) is 10.0 Å². The summed E-state index contributed by atoms with van der Waals surface area (Å²) in [5.41, 5.74) is 1.62. The molecule has 0 radical (unpaired) electrons. The molecule has 1 amide bonds. The van der Waals surface area contributed by atoms with Crippen LogP contribution in [0, 0.1) is 6.92 Å². The molecule has 0 atom stereocenters.